The molecule has 1 saturated carbocycles. The van der Waals surface area contributed by atoms with Gasteiger partial charge in [-0.2, -0.15) is 0 Å². The van der Waals surface area contributed by atoms with Gasteiger partial charge in [0.25, 0.3) is 0 Å². The molecule has 1 saturated heterocycles. The van der Waals surface area contributed by atoms with Crippen LogP contribution in [0.1, 0.15) is 31.2 Å². The van der Waals surface area contributed by atoms with Crippen molar-refractivity contribution < 1.29 is 4.92 Å². The number of hydrogen-bond donors (Lipinski definition) is 1. The van der Waals surface area contributed by atoms with Gasteiger partial charge in [-0.3, -0.25) is 15.0 Å². The summed E-state index contributed by atoms with van der Waals surface area (Å²) in [5, 5.41) is 16.4. The van der Waals surface area contributed by atoms with Crippen LogP contribution in [0.15, 0.2) is 11.4 Å². The molecule has 6 heteroatoms. The lowest BCUT2D eigenvalue weighted by atomic mass is 9.97. The summed E-state index contributed by atoms with van der Waals surface area (Å²) < 4.78 is 0. The van der Waals surface area contributed by atoms with E-state index in [1.165, 1.54) is 37.0 Å². The van der Waals surface area contributed by atoms with Crippen LogP contribution < -0.4 is 5.32 Å². The van der Waals surface area contributed by atoms with Crippen LogP contribution in [0, 0.1) is 16.0 Å². The third-order valence-corrected chi connectivity index (χ3v) is 5.15. The van der Waals surface area contributed by atoms with E-state index in [9.17, 15) is 10.1 Å². The minimum absolute atomic E-state index is 0.262. The fourth-order valence-corrected chi connectivity index (χ4v) is 3.67. The lowest BCUT2D eigenvalue weighted by Crippen LogP contribution is -2.36. The molecule has 0 spiro atoms. The Morgan fingerprint density at radius 2 is 2.10 bits per heavy atom. The number of nitro groups is 1. The van der Waals surface area contributed by atoms with Crippen molar-refractivity contribution in [3.8, 4) is 0 Å². The first kappa shape index (κ1) is 14.0. The summed E-state index contributed by atoms with van der Waals surface area (Å²) in [6, 6.07) is 2.45. The predicted octanol–water partition coefficient (Wildman–Crippen LogP) is 2.62. The molecule has 1 aliphatic carbocycles. The lowest BCUT2D eigenvalue weighted by Gasteiger charge is -2.30. The molecule has 0 atom stereocenters. The van der Waals surface area contributed by atoms with Crippen LogP contribution in [0.4, 0.5) is 5.00 Å². The van der Waals surface area contributed by atoms with Gasteiger partial charge in [0.1, 0.15) is 0 Å². The molecule has 1 aromatic rings. The van der Waals surface area contributed by atoms with Crippen LogP contribution >= 0.6 is 11.3 Å². The maximum Gasteiger partial charge on any atom is 0.324 e. The van der Waals surface area contributed by atoms with Gasteiger partial charge in [-0.15, -0.1) is 0 Å². The number of rotatable bonds is 6. The maximum atomic E-state index is 10.8. The zero-order chi connectivity index (χ0) is 13.9. The molecule has 110 valence electrons. The van der Waals surface area contributed by atoms with Gasteiger partial charge in [0.05, 0.1) is 4.92 Å². The van der Waals surface area contributed by atoms with Crippen LogP contribution in [0.5, 0.6) is 0 Å². The maximum absolute atomic E-state index is 10.8. The van der Waals surface area contributed by atoms with Crippen molar-refractivity contribution in [1.29, 1.82) is 0 Å². The molecule has 5 nitrogen and oxygen atoms in total. The summed E-state index contributed by atoms with van der Waals surface area (Å²) in [6.07, 6.45) is 5.09. The van der Waals surface area contributed by atoms with Crippen LogP contribution in [-0.2, 0) is 6.54 Å². The third-order valence-electron chi connectivity index (χ3n) is 4.22. The first-order valence-electron chi connectivity index (χ1n) is 7.39. The van der Waals surface area contributed by atoms with Gasteiger partial charge in [0.2, 0.25) is 0 Å². The van der Waals surface area contributed by atoms with Crippen molar-refractivity contribution in [2.24, 2.45) is 5.92 Å². The average Bonchev–Trinajstić information content (AvgIpc) is 3.19. The summed E-state index contributed by atoms with van der Waals surface area (Å²) in [5.41, 5.74) is 1.10. The van der Waals surface area contributed by atoms with Gasteiger partial charge < -0.3 is 5.32 Å². The van der Waals surface area contributed by atoms with Crippen LogP contribution in [0.3, 0.4) is 0 Å². The molecule has 0 amide bonds. The van der Waals surface area contributed by atoms with Gasteiger partial charge >= 0.3 is 5.00 Å². The van der Waals surface area contributed by atoms with Crippen molar-refractivity contribution in [2.45, 2.75) is 38.3 Å². The van der Waals surface area contributed by atoms with Crippen molar-refractivity contribution >= 4 is 16.3 Å². The van der Waals surface area contributed by atoms with Gasteiger partial charge in [0.15, 0.2) is 0 Å². The van der Waals surface area contributed by atoms with E-state index in [4.69, 9.17) is 0 Å². The highest BCUT2D eigenvalue weighted by molar-refractivity contribution is 7.13. The highest BCUT2D eigenvalue weighted by atomic mass is 32.1. The van der Waals surface area contributed by atoms with Gasteiger partial charge in [-0.05, 0) is 50.3 Å². The standard InChI is InChI=1S/C14H21N3O2S/c18-17(19)14-7-12(10-20-14)9-16(13-1-2-13)8-11-3-5-15-6-4-11/h7,10-11,13,15H,1-6,8-9H2. The second-order valence-corrected chi connectivity index (χ2v) is 6.79. The molecular formula is C14H21N3O2S. The van der Waals surface area contributed by atoms with Crippen molar-refractivity contribution in [3.63, 3.8) is 0 Å². The third kappa shape index (κ3) is 3.56. The molecular weight excluding hydrogens is 274 g/mol. The minimum atomic E-state index is -0.289. The summed E-state index contributed by atoms with van der Waals surface area (Å²) >= 11 is 1.24. The van der Waals surface area contributed by atoms with E-state index in [0.29, 0.717) is 6.04 Å². The molecule has 3 rings (SSSR count). The van der Waals surface area contributed by atoms with Crippen LogP contribution in [-0.4, -0.2) is 35.5 Å². The minimum Gasteiger partial charge on any atom is -0.317 e. The van der Waals surface area contributed by atoms with Crippen molar-refractivity contribution in [1.82, 2.24) is 10.2 Å². The fraction of sp³-hybridized carbons (Fsp3) is 0.714. The number of nitrogens with zero attached hydrogens (tertiary/aromatic N) is 2. The zero-order valence-corrected chi connectivity index (χ0v) is 12.4. The Balaban J connectivity index is 1.59. The highest BCUT2D eigenvalue weighted by Gasteiger charge is 2.31. The predicted molar refractivity (Wildman–Crippen MR) is 80.0 cm³/mol. The summed E-state index contributed by atoms with van der Waals surface area (Å²) in [6.45, 7) is 4.29. The normalized spacial score (nSPS) is 20.4. The molecule has 2 fully saturated rings. The first-order chi connectivity index (χ1) is 9.72. The van der Waals surface area contributed by atoms with Crippen molar-refractivity contribution in [3.05, 3.63) is 27.1 Å². The largest absolute Gasteiger partial charge is 0.324 e. The fourth-order valence-electron chi connectivity index (χ4n) is 2.95. The molecule has 1 N–H and O–H groups in total. The second-order valence-electron chi connectivity index (χ2n) is 5.90. The molecule has 0 aromatic carbocycles. The van der Waals surface area contributed by atoms with Crippen molar-refractivity contribution in [2.75, 3.05) is 19.6 Å². The van der Waals surface area contributed by atoms with Gasteiger partial charge in [0, 0.05) is 30.6 Å². The SMILES string of the molecule is O=[N+]([O-])c1cc(CN(CC2CCNCC2)C2CC2)cs1. The van der Waals surface area contributed by atoms with E-state index >= 15 is 0 Å². The Bertz CT molecular complexity index is 467. The topological polar surface area (TPSA) is 58.4 Å². The Kier molecular flexibility index (Phi) is 4.33. The van der Waals surface area contributed by atoms with Gasteiger partial charge in [-0.25, -0.2) is 0 Å². The molecule has 1 aromatic heterocycles. The summed E-state index contributed by atoms with van der Waals surface area (Å²) in [5.74, 6) is 0.783. The van der Waals surface area contributed by atoms with E-state index in [1.807, 2.05) is 5.38 Å². The lowest BCUT2D eigenvalue weighted by molar-refractivity contribution is -0.380. The van der Waals surface area contributed by atoms with E-state index in [1.54, 1.807) is 6.07 Å². The Morgan fingerprint density at radius 1 is 1.35 bits per heavy atom. The number of thiophene rings is 1. The smallest absolute Gasteiger partial charge is 0.317 e. The van der Waals surface area contributed by atoms with E-state index in [0.717, 1.165) is 37.7 Å². The molecule has 0 unspecified atom stereocenters. The number of hydrogen-bond acceptors (Lipinski definition) is 5. The molecule has 20 heavy (non-hydrogen) atoms. The molecule has 2 aliphatic rings. The molecule has 2 heterocycles. The van der Waals surface area contributed by atoms with Crippen LogP contribution in [0.25, 0.3) is 0 Å². The van der Waals surface area contributed by atoms with E-state index < -0.39 is 0 Å². The summed E-state index contributed by atoms with van der Waals surface area (Å²) in [4.78, 5) is 13.0. The first-order valence-corrected chi connectivity index (χ1v) is 8.27. The van der Waals surface area contributed by atoms with E-state index in [2.05, 4.69) is 10.2 Å². The number of piperidine rings is 1. The highest BCUT2D eigenvalue weighted by Crippen LogP contribution is 2.32. The Morgan fingerprint density at radius 3 is 2.70 bits per heavy atom. The quantitative estimate of drug-likeness (QED) is 0.647. The van der Waals surface area contributed by atoms with Crippen LogP contribution in [0.2, 0.25) is 0 Å². The molecule has 1 aliphatic heterocycles. The Hall–Kier alpha value is -0.980. The van der Waals surface area contributed by atoms with Gasteiger partial charge in [-0.1, -0.05) is 11.3 Å². The molecule has 0 bridgehead atoms. The second kappa shape index (κ2) is 6.20. The zero-order valence-electron chi connectivity index (χ0n) is 11.6. The molecule has 0 radical (unpaired) electrons. The monoisotopic (exact) mass is 295 g/mol. The Labute approximate surface area is 123 Å². The average molecular weight is 295 g/mol. The summed E-state index contributed by atoms with van der Waals surface area (Å²) in [7, 11) is 0. The number of nitrogens with one attached hydrogen (secondary N) is 1. The van der Waals surface area contributed by atoms with E-state index in [-0.39, 0.29) is 9.92 Å².